The minimum absolute atomic E-state index is 0.0539. The Hall–Kier alpha value is -2.46. The maximum Gasteiger partial charge on any atom is 0.341 e. The number of benzene rings is 1. The Labute approximate surface area is 171 Å². The minimum atomic E-state index is -3.23. The van der Waals surface area contributed by atoms with Crippen LogP contribution in [0.1, 0.15) is 33.3 Å². The maximum absolute atomic E-state index is 13.8. The molecule has 156 valence electrons. The van der Waals surface area contributed by atoms with E-state index in [1.165, 1.54) is 19.2 Å². The predicted octanol–water partition coefficient (Wildman–Crippen LogP) is 2.72. The molecule has 0 spiro atoms. The van der Waals surface area contributed by atoms with Crippen LogP contribution in [0.5, 0.6) is 5.75 Å². The lowest BCUT2D eigenvalue weighted by Crippen LogP contribution is -2.20. The number of anilines is 1. The highest BCUT2D eigenvalue weighted by Crippen LogP contribution is 2.38. The maximum atomic E-state index is 13.8. The standard InChI is InChI=1S/C19H20FNO6S2/c1-3-27-19(23)17-12-6-7-29(24,25)10-15(12)28-18(17)21-16(22)9-11-4-5-14(26-2)13(20)8-11/h4-5,8H,3,6-7,9-10H2,1-2H3,(H,21,22). The summed E-state index contributed by atoms with van der Waals surface area (Å²) in [6, 6.07) is 4.20. The van der Waals surface area contributed by atoms with Gasteiger partial charge in [0.1, 0.15) is 5.00 Å². The summed E-state index contributed by atoms with van der Waals surface area (Å²) < 4.78 is 47.7. The van der Waals surface area contributed by atoms with Gasteiger partial charge in [-0.3, -0.25) is 4.79 Å². The third-order valence-electron chi connectivity index (χ3n) is 4.42. The Balaban J connectivity index is 1.86. The molecule has 29 heavy (non-hydrogen) atoms. The van der Waals surface area contributed by atoms with Gasteiger partial charge in [-0.2, -0.15) is 0 Å². The number of methoxy groups -OCH3 is 1. The molecule has 1 aromatic carbocycles. The van der Waals surface area contributed by atoms with Crippen molar-refractivity contribution in [1.82, 2.24) is 0 Å². The zero-order chi connectivity index (χ0) is 21.2. The molecule has 0 saturated heterocycles. The zero-order valence-corrected chi connectivity index (χ0v) is 17.5. The van der Waals surface area contributed by atoms with Crippen molar-refractivity contribution in [3.8, 4) is 5.75 Å². The van der Waals surface area contributed by atoms with E-state index in [1.807, 2.05) is 0 Å². The monoisotopic (exact) mass is 441 g/mol. The SMILES string of the molecule is CCOC(=O)c1c(NC(=O)Cc2ccc(OC)c(F)c2)sc2c1CCS(=O)(=O)C2. The van der Waals surface area contributed by atoms with Gasteiger partial charge in [-0.05, 0) is 36.6 Å². The summed E-state index contributed by atoms with van der Waals surface area (Å²) in [6.45, 7) is 1.82. The molecule has 1 aromatic heterocycles. The van der Waals surface area contributed by atoms with Gasteiger partial charge in [-0.25, -0.2) is 17.6 Å². The fourth-order valence-electron chi connectivity index (χ4n) is 3.11. The van der Waals surface area contributed by atoms with Gasteiger partial charge in [0.2, 0.25) is 5.91 Å². The molecule has 0 aliphatic carbocycles. The first-order valence-electron chi connectivity index (χ1n) is 8.88. The van der Waals surface area contributed by atoms with E-state index in [1.54, 1.807) is 13.0 Å². The molecule has 0 fully saturated rings. The zero-order valence-electron chi connectivity index (χ0n) is 15.9. The number of rotatable bonds is 6. The summed E-state index contributed by atoms with van der Waals surface area (Å²) in [5, 5.41) is 2.92. The molecule has 1 aliphatic heterocycles. The number of thiophene rings is 1. The summed E-state index contributed by atoms with van der Waals surface area (Å²) in [4.78, 5) is 25.5. The number of halogens is 1. The number of carbonyl (C=O) groups excluding carboxylic acids is 2. The molecule has 2 aromatic rings. The lowest BCUT2D eigenvalue weighted by atomic mass is 10.1. The molecule has 1 aliphatic rings. The number of fused-ring (bicyclic) bond motifs is 1. The van der Waals surface area contributed by atoms with Crippen molar-refractivity contribution in [2.24, 2.45) is 0 Å². The number of ether oxygens (including phenoxy) is 2. The van der Waals surface area contributed by atoms with Gasteiger partial charge >= 0.3 is 5.97 Å². The van der Waals surface area contributed by atoms with E-state index < -0.39 is 27.5 Å². The number of hydrogen-bond donors (Lipinski definition) is 1. The van der Waals surface area contributed by atoms with Crippen LogP contribution in [0, 0.1) is 5.82 Å². The van der Waals surface area contributed by atoms with Crippen molar-refractivity contribution in [3.05, 3.63) is 45.6 Å². The minimum Gasteiger partial charge on any atom is -0.494 e. The Morgan fingerprint density at radius 3 is 2.72 bits per heavy atom. The van der Waals surface area contributed by atoms with Crippen LogP contribution in [-0.2, 0) is 38.0 Å². The van der Waals surface area contributed by atoms with E-state index in [4.69, 9.17) is 9.47 Å². The molecule has 3 rings (SSSR count). The van der Waals surface area contributed by atoms with Crippen molar-refractivity contribution < 1.29 is 31.9 Å². The average Bonchev–Trinajstić information content (AvgIpc) is 2.97. The van der Waals surface area contributed by atoms with E-state index in [9.17, 15) is 22.4 Å². The third kappa shape index (κ3) is 4.76. The largest absolute Gasteiger partial charge is 0.494 e. The lowest BCUT2D eigenvalue weighted by Gasteiger charge is -2.13. The van der Waals surface area contributed by atoms with Gasteiger partial charge in [-0.15, -0.1) is 11.3 Å². The first-order chi connectivity index (χ1) is 13.7. The van der Waals surface area contributed by atoms with Crippen LogP contribution in [0.25, 0.3) is 0 Å². The van der Waals surface area contributed by atoms with Crippen molar-refractivity contribution in [2.75, 3.05) is 24.8 Å². The summed E-state index contributed by atoms with van der Waals surface area (Å²) in [7, 11) is -1.89. The van der Waals surface area contributed by atoms with Gasteiger partial charge in [0.05, 0.1) is 37.2 Å². The van der Waals surface area contributed by atoms with Gasteiger partial charge in [0, 0.05) is 4.88 Å². The molecule has 7 nitrogen and oxygen atoms in total. The van der Waals surface area contributed by atoms with Crippen LogP contribution in [-0.4, -0.2) is 39.8 Å². The van der Waals surface area contributed by atoms with Crippen molar-refractivity contribution in [3.63, 3.8) is 0 Å². The van der Waals surface area contributed by atoms with Gasteiger partial charge in [0.25, 0.3) is 0 Å². The van der Waals surface area contributed by atoms with Crippen molar-refractivity contribution >= 4 is 38.1 Å². The Morgan fingerprint density at radius 2 is 2.07 bits per heavy atom. The Bertz CT molecular complexity index is 1060. The molecule has 0 bridgehead atoms. The number of amides is 1. The highest BCUT2D eigenvalue weighted by Gasteiger charge is 2.32. The van der Waals surface area contributed by atoms with Crippen LogP contribution in [0.2, 0.25) is 0 Å². The summed E-state index contributed by atoms with van der Waals surface area (Å²) >= 11 is 1.06. The molecule has 1 N–H and O–H groups in total. The Morgan fingerprint density at radius 1 is 1.31 bits per heavy atom. The van der Waals surface area contributed by atoms with Crippen LogP contribution >= 0.6 is 11.3 Å². The van der Waals surface area contributed by atoms with Crippen molar-refractivity contribution in [2.45, 2.75) is 25.5 Å². The molecule has 2 heterocycles. The molecule has 10 heteroatoms. The summed E-state index contributed by atoms with van der Waals surface area (Å²) in [5.74, 6) is -1.79. The van der Waals surface area contributed by atoms with E-state index in [0.717, 1.165) is 11.3 Å². The lowest BCUT2D eigenvalue weighted by molar-refractivity contribution is -0.115. The molecule has 1 amide bonds. The fraction of sp³-hybridized carbons (Fsp3) is 0.368. The summed E-state index contributed by atoms with van der Waals surface area (Å²) in [6.07, 6.45) is 0.0753. The first-order valence-corrected chi connectivity index (χ1v) is 11.5. The summed E-state index contributed by atoms with van der Waals surface area (Å²) in [5.41, 5.74) is 1.24. The number of sulfone groups is 1. The fourth-order valence-corrected chi connectivity index (χ4v) is 6.16. The van der Waals surface area contributed by atoms with E-state index in [0.29, 0.717) is 16.0 Å². The quantitative estimate of drug-likeness (QED) is 0.692. The van der Waals surface area contributed by atoms with Crippen LogP contribution in [0.15, 0.2) is 18.2 Å². The predicted molar refractivity (Wildman–Crippen MR) is 107 cm³/mol. The first kappa shape index (κ1) is 21.3. The number of hydrogen-bond acceptors (Lipinski definition) is 7. The van der Waals surface area contributed by atoms with E-state index in [-0.39, 0.29) is 47.3 Å². The van der Waals surface area contributed by atoms with Crippen molar-refractivity contribution in [1.29, 1.82) is 0 Å². The molecule has 0 radical (unpaired) electrons. The number of esters is 1. The molecule has 0 atom stereocenters. The smallest absolute Gasteiger partial charge is 0.341 e. The van der Waals surface area contributed by atoms with Gasteiger partial charge in [0.15, 0.2) is 21.4 Å². The van der Waals surface area contributed by atoms with Crippen LogP contribution in [0.4, 0.5) is 9.39 Å². The molecular formula is C19H20FNO6S2. The number of carbonyl (C=O) groups is 2. The topological polar surface area (TPSA) is 98.8 Å². The highest BCUT2D eigenvalue weighted by molar-refractivity contribution is 7.90. The van der Waals surface area contributed by atoms with Gasteiger partial charge < -0.3 is 14.8 Å². The highest BCUT2D eigenvalue weighted by atomic mass is 32.2. The second kappa shape index (κ2) is 8.50. The van der Waals surface area contributed by atoms with E-state index >= 15 is 0 Å². The van der Waals surface area contributed by atoms with Crippen LogP contribution < -0.4 is 10.1 Å². The Kier molecular flexibility index (Phi) is 6.23. The molecular weight excluding hydrogens is 421 g/mol. The second-order valence-corrected chi connectivity index (χ2v) is 9.75. The second-order valence-electron chi connectivity index (χ2n) is 6.46. The number of nitrogens with one attached hydrogen (secondary N) is 1. The average molecular weight is 442 g/mol. The van der Waals surface area contributed by atoms with E-state index in [2.05, 4.69) is 5.32 Å². The van der Waals surface area contributed by atoms with Crippen LogP contribution in [0.3, 0.4) is 0 Å². The third-order valence-corrected chi connectivity index (χ3v) is 7.30. The normalized spacial score (nSPS) is 14.7. The molecule has 0 unspecified atom stereocenters. The molecule has 0 saturated carbocycles. The van der Waals surface area contributed by atoms with Gasteiger partial charge in [-0.1, -0.05) is 6.07 Å².